The minimum atomic E-state index is 0.452. The van der Waals surface area contributed by atoms with Crippen molar-refractivity contribution in [2.75, 3.05) is 0 Å². The molecule has 0 N–H and O–H groups in total. The number of rotatable bonds is 7. The lowest BCUT2D eigenvalue weighted by molar-refractivity contribution is 0.309. The van der Waals surface area contributed by atoms with Crippen LogP contribution in [0.3, 0.4) is 0 Å². The summed E-state index contributed by atoms with van der Waals surface area (Å²) in [6, 6.07) is 7.93. The first-order valence-electron chi connectivity index (χ1n) is 8.39. The normalized spacial score (nSPS) is 11.7. The fraction of sp³-hybridized carbons (Fsp3) is 0.200. The predicted octanol–water partition coefficient (Wildman–Crippen LogP) is 6.19. The van der Waals surface area contributed by atoms with E-state index < -0.39 is 0 Å². The van der Waals surface area contributed by atoms with E-state index in [-0.39, 0.29) is 0 Å². The Balaban J connectivity index is 1.61. The first-order valence-corrected chi connectivity index (χ1v) is 9.96. The van der Waals surface area contributed by atoms with Crippen LogP contribution in [0.5, 0.6) is 5.75 Å². The van der Waals surface area contributed by atoms with E-state index in [2.05, 4.69) is 28.3 Å². The van der Waals surface area contributed by atoms with E-state index in [0.717, 1.165) is 33.9 Å². The van der Waals surface area contributed by atoms with Crippen LogP contribution >= 0.6 is 34.5 Å². The zero-order valence-electron chi connectivity index (χ0n) is 15.0. The van der Waals surface area contributed by atoms with Crippen LogP contribution in [-0.4, -0.2) is 14.8 Å². The molecule has 7 heteroatoms. The van der Waals surface area contributed by atoms with Crippen molar-refractivity contribution in [1.29, 1.82) is 0 Å². The average molecular weight is 420 g/mol. The fourth-order valence-electron chi connectivity index (χ4n) is 2.54. The van der Waals surface area contributed by atoms with Crippen LogP contribution in [0.2, 0.25) is 9.62 Å². The lowest BCUT2D eigenvalue weighted by atomic mass is 10.1. The molecule has 0 aliphatic carbocycles. The van der Waals surface area contributed by atoms with E-state index in [0.29, 0.717) is 16.2 Å². The molecule has 2 aromatic heterocycles. The molecule has 0 saturated carbocycles. The zero-order valence-corrected chi connectivity index (χ0v) is 17.4. The van der Waals surface area contributed by atoms with Crippen molar-refractivity contribution < 1.29 is 4.74 Å². The summed E-state index contributed by atoms with van der Waals surface area (Å²) in [6.07, 6.45) is 10.7. The molecule has 3 rings (SSSR count). The lowest BCUT2D eigenvalue weighted by Gasteiger charge is -2.07. The molecule has 27 heavy (non-hydrogen) atoms. The number of hydrogen-bond acceptors (Lipinski definition) is 4. The molecule has 0 spiro atoms. The van der Waals surface area contributed by atoms with Crippen LogP contribution in [0.1, 0.15) is 28.1 Å². The number of aromatic nitrogens is 3. The third-order valence-corrected chi connectivity index (χ3v) is 5.40. The van der Waals surface area contributed by atoms with Crippen LogP contribution in [0.4, 0.5) is 0 Å². The van der Waals surface area contributed by atoms with Gasteiger partial charge >= 0.3 is 0 Å². The van der Waals surface area contributed by atoms with E-state index in [4.69, 9.17) is 27.9 Å². The number of ether oxygens (including phenoxy) is 1. The van der Waals surface area contributed by atoms with Crippen molar-refractivity contribution in [3.63, 3.8) is 0 Å². The van der Waals surface area contributed by atoms with Crippen LogP contribution in [0, 0.1) is 6.92 Å². The average Bonchev–Trinajstić information content (AvgIpc) is 3.17. The monoisotopic (exact) mass is 419 g/mol. The summed E-state index contributed by atoms with van der Waals surface area (Å²) in [4.78, 5) is 5.02. The van der Waals surface area contributed by atoms with Crippen molar-refractivity contribution in [2.24, 2.45) is 7.05 Å². The summed E-state index contributed by atoms with van der Waals surface area (Å²) >= 11 is 13.5. The first-order chi connectivity index (χ1) is 13.0. The maximum absolute atomic E-state index is 6.23. The first kappa shape index (κ1) is 19.7. The van der Waals surface area contributed by atoms with Crippen molar-refractivity contribution in [3.8, 4) is 5.75 Å². The van der Waals surface area contributed by atoms with Gasteiger partial charge in [0.2, 0.25) is 0 Å². The van der Waals surface area contributed by atoms with Gasteiger partial charge in [-0.05, 0) is 19.4 Å². The van der Waals surface area contributed by atoms with Gasteiger partial charge in [0.25, 0.3) is 0 Å². The van der Waals surface area contributed by atoms with E-state index in [1.807, 2.05) is 44.3 Å². The molecule has 3 aromatic rings. The van der Waals surface area contributed by atoms with Crippen molar-refractivity contribution in [1.82, 2.24) is 14.8 Å². The van der Waals surface area contributed by atoms with Crippen LogP contribution in [0.15, 0.2) is 42.6 Å². The van der Waals surface area contributed by atoms with Crippen LogP contribution < -0.4 is 4.74 Å². The zero-order chi connectivity index (χ0) is 19.2. The highest BCUT2D eigenvalue weighted by Crippen LogP contribution is 2.24. The summed E-state index contributed by atoms with van der Waals surface area (Å²) in [7, 11) is 1.84. The van der Waals surface area contributed by atoms with Crippen LogP contribution in [0.25, 0.3) is 12.2 Å². The number of para-hydroxylation sites is 1. The third kappa shape index (κ3) is 5.22. The number of halogens is 2. The highest BCUT2D eigenvalue weighted by molar-refractivity contribution is 7.15. The molecule has 0 aliphatic heterocycles. The summed E-state index contributed by atoms with van der Waals surface area (Å²) in [5, 5.41) is 4.95. The molecular weight excluding hydrogens is 401 g/mol. The molecule has 4 nitrogen and oxygen atoms in total. The molecule has 0 unspecified atom stereocenters. The highest BCUT2D eigenvalue weighted by atomic mass is 35.5. The topological polar surface area (TPSA) is 39.9 Å². The van der Waals surface area contributed by atoms with E-state index in [1.54, 1.807) is 10.9 Å². The Hall–Kier alpha value is -2.08. The van der Waals surface area contributed by atoms with Gasteiger partial charge in [0.1, 0.15) is 17.5 Å². The second kappa shape index (κ2) is 9.22. The largest absolute Gasteiger partial charge is 0.487 e. The van der Waals surface area contributed by atoms with Gasteiger partial charge in [-0.15, -0.1) is 11.3 Å². The summed E-state index contributed by atoms with van der Waals surface area (Å²) in [5.41, 5.74) is 2.90. The SMILES string of the molecule is Cc1nn(C)c(Cl)c1C=CCC=Cc1ccccc1OCc1cnc(Cl)s1. The highest BCUT2D eigenvalue weighted by Gasteiger charge is 2.07. The van der Waals surface area contributed by atoms with Gasteiger partial charge in [0, 0.05) is 24.4 Å². The van der Waals surface area contributed by atoms with Gasteiger partial charge in [0.15, 0.2) is 4.47 Å². The molecule has 0 atom stereocenters. The van der Waals surface area contributed by atoms with Gasteiger partial charge in [-0.2, -0.15) is 5.10 Å². The Labute approximate surface area is 172 Å². The predicted molar refractivity (Wildman–Crippen MR) is 114 cm³/mol. The number of nitrogens with zero attached hydrogens (tertiary/aromatic N) is 3. The Morgan fingerprint density at radius 3 is 2.67 bits per heavy atom. The summed E-state index contributed by atoms with van der Waals surface area (Å²) in [5.74, 6) is 0.827. The molecule has 140 valence electrons. The minimum absolute atomic E-state index is 0.452. The van der Waals surface area contributed by atoms with E-state index >= 15 is 0 Å². The van der Waals surface area contributed by atoms with Crippen molar-refractivity contribution in [3.05, 3.63) is 73.9 Å². The fourth-order valence-corrected chi connectivity index (χ4v) is 3.67. The van der Waals surface area contributed by atoms with Gasteiger partial charge in [-0.3, -0.25) is 4.68 Å². The van der Waals surface area contributed by atoms with Gasteiger partial charge < -0.3 is 4.74 Å². The Bertz CT molecular complexity index is 976. The number of benzene rings is 1. The van der Waals surface area contributed by atoms with Gasteiger partial charge in [-0.1, -0.05) is 65.7 Å². The molecular formula is C20H19Cl2N3OS. The smallest absolute Gasteiger partial charge is 0.183 e. The maximum atomic E-state index is 6.23. The van der Waals surface area contributed by atoms with Crippen molar-refractivity contribution in [2.45, 2.75) is 20.0 Å². The summed E-state index contributed by atoms with van der Waals surface area (Å²) < 4.78 is 8.11. The van der Waals surface area contributed by atoms with E-state index in [9.17, 15) is 0 Å². The number of hydrogen-bond donors (Lipinski definition) is 0. The molecule has 0 bridgehead atoms. The third-order valence-electron chi connectivity index (χ3n) is 3.86. The second-order valence-electron chi connectivity index (χ2n) is 5.86. The number of aryl methyl sites for hydroxylation is 2. The number of allylic oxidation sites excluding steroid dienone is 2. The van der Waals surface area contributed by atoms with E-state index in [1.165, 1.54) is 11.3 Å². The minimum Gasteiger partial charge on any atom is -0.487 e. The Morgan fingerprint density at radius 1 is 1.19 bits per heavy atom. The second-order valence-corrected chi connectivity index (χ2v) is 7.92. The molecule has 2 heterocycles. The standard InChI is InChI=1S/C20H19Cl2N3OS/c1-14-17(19(21)25(2)24-14)10-5-3-4-8-15-9-6-7-11-18(15)26-13-16-12-23-20(22)27-16/h4-12H,3,13H2,1-2H3. The molecule has 1 aromatic carbocycles. The van der Waals surface area contributed by atoms with Crippen LogP contribution in [-0.2, 0) is 13.7 Å². The Kier molecular flexibility index (Phi) is 6.72. The van der Waals surface area contributed by atoms with Gasteiger partial charge in [0.05, 0.1) is 10.6 Å². The quantitative estimate of drug-likeness (QED) is 0.458. The lowest BCUT2D eigenvalue weighted by Crippen LogP contribution is -1.94. The molecule has 0 fully saturated rings. The molecule has 0 aliphatic rings. The number of thiazole rings is 1. The maximum Gasteiger partial charge on any atom is 0.183 e. The Morgan fingerprint density at radius 2 is 1.96 bits per heavy atom. The van der Waals surface area contributed by atoms with Crippen molar-refractivity contribution >= 4 is 46.7 Å². The summed E-state index contributed by atoms with van der Waals surface area (Å²) in [6.45, 7) is 2.40. The van der Waals surface area contributed by atoms with Gasteiger partial charge in [-0.25, -0.2) is 4.98 Å². The molecule has 0 radical (unpaired) electrons. The molecule has 0 saturated heterocycles. The molecule has 0 amide bonds.